The first-order chi connectivity index (χ1) is 7.36. The molecule has 0 spiro atoms. The first-order valence-electron chi connectivity index (χ1n) is 5.32. The Bertz CT molecular complexity index is 393. The average Bonchev–Trinajstić information content (AvgIpc) is 2.19. The average molecular weight is 284 g/mol. The Labute approximate surface area is 106 Å². The Kier molecular flexibility index (Phi) is 4.14. The molecule has 0 fully saturated rings. The lowest BCUT2D eigenvalue weighted by Crippen LogP contribution is -2.20. The van der Waals surface area contributed by atoms with Crippen molar-refractivity contribution in [3.05, 3.63) is 29.3 Å². The first-order valence-corrected chi connectivity index (χ1v) is 6.44. The van der Waals surface area contributed by atoms with E-state index in [-0.39, 0.29) is 11.3 Å². The van der Waals surface area contributed by atoms with Crippen molar-refractivity contribution in [1.82, 2.24) is 0 Å². The highest BCUT2D eigenvalue weighted by Gasteiger charge is 2.19. The zero-order valence-corrected chi connectivity index (χ0v) is 11.8. The number of para-hydroxylation sites is 1. The van der Waals surface area contributed by atoms with Gasteiger partial charge in [-0.25, -0.2) is 0 Å². The van der Waals surface area contributed by atoms with Gasteiger partial charge in [0, 0.05) is 5.69 Å². The number of halogens is 1. The third-order valence-electron chi connectivity index (χ3n) is 2.47. The predicted molar refractivity (Wildman–Crippen MR) is 72.3 cm³/mol. The molecule has 1 amide bonds. The Balaban J connectivity index is 3.19. The fraction of sp³-hybridized carbons (Fsp3) is 0.462. The summed E-state index contributed by atoms with van der Waals surface area (Å²) in [6, 6.07) is 6.11. The minimum atomic E-state index is -0.0141. The van der Waals surface area contributed by atoms with E-state index in [1.54, 1.807) is 0 Å². The molecule has 1 aromatic rings. The molecule has 0 aliphatic heterocycles. The van der Waals surface area contributed by atoms with E-state index in [2.05, 4.69) is 48.1 Å². The van der Waals surface area contributed by atoms with Crippen LogP contribution in [0.3, 0.4) is 0 Å². The molecule has 0 radical (unpaired) electrons. The highest BCUT2D eigenvalue weighted by Crippen LogP contribution is 2.31. The van der Waals surface area contributed by atoms with Crippen LogP contribution in [0.25, 0.3) is 0 Å². The smallest absolute Gasteiger partial charge is 0.235 e. The van der Waals surface area contributed by atoms with Gasteiger partial charge in [0.25, 0.3) is 0 Å². The summed E-state index contributed by atoms with van der Waals surface area (Å²) < 4.78 is 0. The minimum absolute atomic E-state index is 0.0141. The summed E-state index contributed by atoms with van der Waals surface area (Å²) in [7, 11) is 0. The molecule has 16 heavy (non-hydrogen) atoms. The molecule has 1 N–H and O–H groups in total. The topological polar surface area (TPSA) is 29.1 Å². The van der Waals surface area contributed by atoms with Gasteiger partial charge >= 0.3 is 0 Å². The van der Waals surface area contributed by atoms with Crippen LogP contribution < -0.4 is 5.32 Å². The minimum Gasteiger partial charge on any atom is -0.325 e. The molecule has 0 aliphatic carbocycles. The van der Waals surface area contributed by atoms with Crippen LogP contribution in [0.15, 0.2) is 18.2 Å². The van der Waals surface area contributed by atoms with E-state index in [1.165, 1.54) is 5.56 Å². The second-order valence-corrected chi connectivity index (χ2v) is 5.49. The zero-order valence-electron chi connectivity index (χ0n) is 10.2. The van der Waals surface area contributed by atoms with Gasteiger partial charge < -0.3 is 5.32 Å². The second-order valence-electron chi connectivity index (χ2n) is 4.93. The van der Waals surface area contributed by atoms with Gasteiger partial charge in [0.1, 0.15) is 0 Å². The van der Waals surface area contributed by atoms with Crippen molar-refractivity contribution < 1.29 is 4.79 Å². The highest BCUT2D eigenvalue weighted by atomic mass is 79.9. The standard InChI is InChI=1S/C13H18BrNO/c1-9-6-5-7-10(13(2,3)4)12(9)15-11(16)8-14/h5-7H,8H2,1-4H3,(H,15,16). The molecular weight excluding hydrogens is 266 g/mol. The lowest BCUT2D eigenvalue weighted by molar-refractivity contribution is -0.113. The van der Waals surface area contributed by atoms with Crippen LogP contribution in [0.2, 0.25) is 0 Å². The van der Waals surface area contributed by atoms with Crippen LogP contribution in [0, 0.1) is 6.92 Å². The van der Waals surface area contributed by atoms with Crippen molar-refractivity contribution in [2.45, 2.75) is 33.1 Å². The number of carbonyl (C=O) groups excluding carboxylic acids is 1. The van der Waals surface area contributed by atoms with E-state index in [4.69, 9.17) is 0 Å². The van der Waals surface area contributed by atoms with Gasteiger partial charge in [-0.2, -0.15) is 0 Å². The van der Waals surface area contributed by atoms with Crippen molar-refractivity contribution in [3.63, 3.8) is 0 Å². The van der Waals surface area contributed by atoms with Gasteiger partial charge in [-0.05, 0) is 23.5 Å². The maximum atomic E-state index is 11.5. The van der Waals surface area contributed by atoms with E-state index in [9.17, 15) is 4.79 Å². The number of hydrogen-bond donors (Lipinski definition) is 1. The van der Waals surface area contributed by atoms with Crippen molar-refractivity contribution >= 4 is 27.5 Å². The summed E-state index contributed by atoms with van der Waals surface area (Å²) in [4.78, 5) is 11.5. The lowest BCUT2D eigenvalue weighted by atomic mass is 9.84. The predicted octanol–water partition coefficient (Wildman–Crippen LogP) is 3.63. The monoisotopic (exact) mass is 283 g/mol. The third-order valence-corrected chi connectivity index (χ3v) is 2.98. The van der Waals surface area contributed by atoms with E-state index in [0.717, 1.165) is 11.3 Å². The summed E-state index contributed by atoms with van der Waals surface area (Å²) in [5.41, 5.74) is 3.24. The molecule has 1 aromatic carbocycles. The number of alkyl halides is 1. The molecule has 3 heteroatoms. The number of rotatable bonds is 2. The molecule has 2 nitrogen and oxygen atoms in total. The first kappa shape index (κ1) is 13.2. The van der Waals surface area contributed by atoms with Gasteiger partial charge in [-0.1, -0.05) is 54.9 Å². The molecular formula is C13H18BrNO. The molecule has 0 saturated heterocycles. The number of anilines is 1. The normalized spacial score (nSPS) is 11.3. The quantitative estimate of drug-likeness (QED) is 0.826. The van der Waals surface area contributed by atoms with Gasteiger partial charge in [0.15, 0.2) is 0 Å². The van der Waals surface area contributed by atoms with E-state index in [1.807, 2.05) is 19.1 Å². The van der Waals surface area contributed by atoms with Gasteiger partial charge in [-0.3, -0.25) is 4.79 Å². The van der Waals surface area contributed by atoms with Gasteiger partial charge in [-0.15, -0.1) is 0 Å². The van der Waals surface area contributed by atoms with Gasteiger partial charge in [0.05, 0.1) is 5.33 Å². The van der Waals surface area contributed by atoms with E-state index < -0.39 is 0 Å². The molecule has 0 bridgehead atoms. The molecule has 0 unspecified atom stereocenters. The van der Waals surface area contributed by atoms with Crippen molar-refractivity contribution in [1.29, 1.82) is 0 Å². The van der Waals surface area contributed by atoms with Crippen LogP contribution >= 0.6 is 15.9 Å². The van der Waals surface area contributed by atoms with Crippen LogP contribution in [0.5, 0.6) is 0 Å². The molecule has 0 saturated carbocycles. The number of benzene rings is 1. The molecule has 0 aliphatic rings. The van der Waals surface area contributed by atoms with Crippen LogP contribution in [-0.4, -0.2) is 11.2 Å². The largest absolute Gasteiger partial charge is 0.325 e. The molecule has 0 heterocycles. The maximum Gasteiger partial charge on any atom is 0.235 e. The molecule has 88 valence electrons. The van der Waals surface area contributed by atoms with E-state index >= 15 is 0 Å². The summed E-state index contributed by atoms with van der Waals surface area (Å²) in [6.45, 7) is 8.45. The fourth-order valence-electron chi connectivity index (χ4n) is 1.63. The summed E-state index contributed by atoms with van der Waals surface area (Å²) in [5, 5.41) is 3.27. The summed E-state index contributed by atoms with van der Waals surface area (Å²) >= 11 is 3.16. The SMILES string of the molecule is Cc1cccc(C(C)(C)C)c1NC(=O)CBr. The van der Waals surface area contributed by atoms with Crippen molar-refractivity contribution in [2.75, 3.05) is 10.6 Å². The van der Waals surface area contributed by atoms with E-state index in [0.29, 0.717) is 5.33 Å². The summed E-state index contributed by atoms with van der Waals surface area (Å²) in [6.07, 6.45) is 0. The number of amides is 1. The Morgan fingerprint density at radius 2 is 2.00 bits per heavy atom. The Morgan fingerprint density at radius 3 is 2.50 bits per heavy atom. The third kappa shape index (κ3) is 3.08. The molecule has 0 aromatic heterocycles. The number of carbonyl (C=O) groups is 1. The second kappa shape index (κ2) is 5.00. The fourth-order valence-corrected chi connectivity index (χ4v) is 1.77. The summed E-state index contributed by atoms with van der Waals surface area (Å²) in [5.74, 6) is -0.0141. The van der Waals surface area contributed by atoms with Crippen LogP contribution in [0.1, 0.15) is 31.9 Å². The Hall–Kier alpha value is -0.830. The van der Waals surface area contributed by atoms with Gasteiger partial charge in [0.2, 0.25) is 5.91 Å². The van der Waals surface area contributed by atoms with Crippen molar-refractivity contribution in [3.8, 4) is 0 Å². The number of aryl methyl sites for hydroxylation is 1. The number of nitrogens with one attached hydrogen (secondary N) is 1. The van der Waals surface area contributed by atoms with Crippen LogP contribution in [0.4, 0.5) is 5.69 Å². The van der Waals surface area contributed by atoms with Crippen molar-refractivity contribution in [2.24, 2.45) is 0 Å². The maximum absolute atomic E-state index is 11.5. The Morgan fingerprint density at radius 1 is 1.38 bits per heavy atom. The molecule has 0 atom stereocenters. The molecule has 1 rings (SSSR count). The van der Waals surface area contributed by atoms with Crippen LogP contribution in [-0.2, 0) is 10.2 Å². The lowest BCUT2D eigenvalue weighted by Gasteiger charge is -2.24. The highest BCUT2D eigenvalue weighted by molar-refractivity contribution is 9.09. The zero-order chi connectivity index (χ0) is 12.3. The number of hydrogen-bond acceptors (Lipinski definition) is 1.